The second-order valence-corrected chi connectivity index (χ2v) is 6.94. The molecule has 0 spiro atoms. The zero-order valence-corrected chi connectivity index (χ0v) is 12.6. The number of rotatable bonds is 3. The molecule has 3 rings (SSSR count). The Morgan fingerprint density at radius 2 is 1.85 bits per heavy atom. The topological polar surface area (TPSA) is 51.6 Å². The van der Waals surface area contributed by atoms with Crippen LogP contribution in [0.25, 0.3) is 0 Å². The number of hydrogen-bond acceptors (Lipinski definition) is 4. The summed E-state index contributed by atoms with van der Waals surface area (Å²) in [5.74, 6) is 0.951. The van der Waals surface area contributed by atoms with Gasteiger partial charge in [0, 0.05) is 6.20 Å². The Hall–Kier alpha value is -1.07. The van der Waals surface area contributed by atoms with Gasteiger partial charge in [0.1, 0.15) is 11.3 Å². The molecule has 1 aromatic heterocycles. The van der Waals surface area contributed by atoms with Crippen LogP contribution in [0.4, 0.5) is 0 Å². The highest BCUT2D eigenvalue weighted by atomic mass is 16.7. The molecule has 1 aliphatic heterocycles. The molecule has 0 atom stereocenters. The molecule has 20 heavy (non-hydrogen) atoms. The summed E-state index contributed by atoms with van der Waals surface area (Å²) in [4.78, 5) is 4.28. The molecule has 1 saturated heterocycles. The molecule has 2 aliphatic rings. The van der Waals surface area contributed by atoms with Gasteiger partial charge in [0.2, 0.25) is 0 Å². The van der Waals surface area contributed by atoms with Gasteiger partial charge in [-0.3, -0.25) is 4.98 Å². The van der Waals surface area contributed by atoms with Crippen LogP contribution in [0.1, 0.15) is 46.1 Å². The van der Waals surface area contributed by atoms with Crippen LogP contribution in [-0.4, -0.2) is 28.4 Å². The van der Waals surface area contributed by atoms with Crippen LogP contribution in [-0.2, 0) is 15.7 Å². The molecule has 1 aromatic rings. The van der Waals surface area contributed by atoms with Crippen molar-refractivity contribution in [1.29, 1.82) is 0 Å². The summed E-state index contributed by atoms with van der Waals surface area (Å²) in [5, 5.41) is 10.4. The van der Waals surface area contributed by atoms with E-state index in [-0.39, 0.29) is 5.75 Å². The predicted octanol–water partition coefficient (Wildman–Crippen LogP) is 2.04. The van der Waals surface area contributed by atoms with Gasteiger partial charge >= 0.3 is 7.12 Å². The lowest BCUT2D eigenvalue weighted by atomic mass is 9.82. The average Bonchev–Trinajstić information content (AvgIpc) is 3.10. The minimum absolute atomic E-state index is 0.234. The van der Waals surface area contributed by atoms with Gasteiger partial charge in [-0.05, 0) is 64.5 Å². The van der Waals surface area contributed by atoms with Gasteiger partial charge in [0.15, 0.2) is 0 Å². The molecule has 1 aliphatic carbocycles. The summed E-state index contributed by atoms with van der Waals surface area (Å²) in [7, 11) is -0.598. The van der Waals surface area contributed by atoms with E-state index in [2.05, 4.69) is 4.98 Å². The Morgan fingerprint density at radius 3 is 2.40 bits per heavy atom. The van der Waals surface area contributed by atoms with Gasteiger partial charge < -0.3 is 14.4 Å². The third-order valence-corrected chi connectivity index (χ3v) is 4.72. The van der Waals surface area contributed by atoms with E-state index in [1.54, 1.807) is 6.20 Å². The quantitative estimate of drug-likeness (QED) is 0.858. The lowest BCUT2D eigenvalue weighted by Crippen LogP contribution is -2.41. The van der Waals surface area contributed by atoms with Crippen LogP contribution in [0.2, 0.25) is 0 Å². The van der Waals surface area contributed by atoms with Crippen LogP contribution in [0, 0.1) is 5.92 Å². The molecule has 4 nitrogen and oxygen atoms in total. The van der Waals surface area contributed by atoms with Gasteiger partial charge in [-0.1, -0.05) is 0 Å². The minimum Gasteiger partial charge on any atom is -0.506 e. The van der Waals surface area contributed by atoms with Gasteiger partial charge in [0.05, 0.1) is 11.2 Å². The fourth-order valence-corrected chi connectivity index (χ4v) is 2.44. The van der Waals surface area contributed by atoms with Crippen molar-refractivity contribution in [3.63, 3.8) is 0 Å². The molecular weight excluding hydrogens is 253 g/mol. The van der Waals surface area contributed by atoms with Crippen LogP contribution >= 0.6 is 0 Å². The molecule has 1 N–H and O–H groups in total. The normalized spacial score (nSPS) is 24.1. The molecule has 0 aromatic carbocycles. The molecule has 1 saturated carbocycles. The minimum atomic E-state index is -0.598. The molecule has 0 radical (unpaired) electrons. The Labute approximate surface area is 120 Å². The molecular formula is C15H22BNO3. The summed E-state index contributed by atoms with van der Waals surface area (Å²) < 4.78 is 11.9. The van der Waals surface area contributed by atoms with E-state index in [9.17, 15) is 5.11 Å². The van der Waals surface area contributed by atoms with Crippen LogP contribution in [0.3, 0.4) is 0 Å². The average molecular weight is 275 g/mol. The van der Waals surface area contributed by atoms with Crippen molar-refractivity contribution in [2.45, 2.75) is 58.2 Å². The number of nitrogens with zero attached hydrogens (tertiary/aromatic N) is 1. The van der Waals surface area contributed by atoms with E-state index in [4.69, 9.17) is 9.31 Å². The highest BCUT2D eigenvalue weighted by Crippen LogP contribution is 2.38. The van der Waals surface area contributed by atoms with Crippen LogP contribution in [0.5, 0.6) is 5.75 Å². The summed E-state index contributed by atoms with van der Waals surface area (Å²) in [6.07, 6.45) is 5.17. The number of hydrogen-bond donors (Lipinski definition) is 1. The first-order chi connectivity index (χ1) is 9.30. The van der Waals surface area contributed by atoms with Crippen molar-refractivity contribution in [3.8, 4) is 5.75 Å². The van der Waals surface area contributed by atoms with Gasteiger partial charge in [-0.2, -0.15) is 0 Å². The van der Waals surface area contributed by atoms with Crippen molar-refractivity contribution < 1.29 is 14.4 Å². The van der Waals surface area contributed by atoms with E-state index >= 15 is 0 Å². The summed E-state index contributed by atoms with van der Waals surface area (Å²) in [6, 6.07) is 1.89. The molecule has 0 amide bonds. The van der Waals surface area contributed by atoms with Crippen molar-refractivity contribution in [2.24, 2.45) is 5.92 Å². The molecule has 108 valence electrons. The number of pyridine rings is 1. The Kier molecular flexibility index (Phi) is 3.10. The van der Waals surface area contributed by atoms with E-state index in [0.717, 1.165) is 17.9 Å². The first-order valence-electron chi connectivity index (χ1n) is 7.32. The van der Waals surface area contributed by atoms with Gasteiger partial charge in [-0.15, -0.1) is 0 Å². The standard InChI is InChI=1S/C15H22BNO3/c1-14(2)15(3,4)20-16(19-14)13-12(18)11(7-8-17-13)9-10-5-6-10/h7-8,10,18H,5-6,9H2,1-4H3. The van der Waals surface area contributed by atoms with Crippen molar-refractivity contribution in [1.82, 2.24) is 4.98 Å². The molecule has 2 heterocycles. The second-order valence-electron chi connectivity index (χ2n) is 6.94. The smallest absolute Gasteiger partial charge is 0.506 e. The van der Waals surface area contributed by atoms with Gasteiger partial charge in [0.25, 0.3) is 0 Å². The first-order valence-corrected chi connectivity index (χ1v) is 7.32. The highest BCUT2D eigenvalue weighted by molar-refractivity contribution is 6.62. The van der Waals surface area contributed by atoms with Crippen molar-refractivity contribution >= 4 is 12.7 Å². The molecule has 5 heteroatoms. The summed E-state index contributed by atoms with van der Waals surface area (Å²) >= 11 is 0. The maximum absolute atomic E-state index is 10.4. The van der Waals surface area contributed by atoms with Crippen LogP contribution < -0.4 is 5.59 Å². The maximum Gasteiger partial charge on any atom is 0.518 e. The van der Waals surface area contributed by atoms with E-state index in [0.29, 0.717) is 5.59 Å². The Bertz CT molecular complexity index is 510. The van der Waals surface area contributed by atoms with Gasteiger partial charge in [-0.25, -0.2) is 0 Å². The summed E-state index contributed by atoms with van der Waals surface area (Å²) in [5.41, 5.74) is 0.616. The second kappa shape index (κ2) is 4.47. The van der Waals surface area contributed by atoms with E-state index in [1.165, 1.54) is 12.8 Å². The van der Waals surface area contributed by atoms with E-state index in [1.807, 2.05) is 33.8 Å². The maximum atomic E-state index is 10.4. The SMILES string of the molecule is CC1(C)OB(c2nccc(CC3CC3)c2O)OC1(C)C. The van der Waals surface area contributed by atoms with Crippen molar-refractivity contribution in [3.05, 3.63) is 17.8 Å². The molecule has 0 unspecified atom stereocenters. The fourth-order valence-electron chi connectivity index (χ4n) is 2.44. The zero-order valence-electron chi connectivity index (χ0n) is 12.6. The van der Waals surface area contributed by atoms with Crippen LogP contribution in [0.15, 0.2) is 12.3 Å². The first kappa shape index (κ1) is 13.9. The third-order valence-electron chi connectivity index (χ3n) is 4.72. The fraction of sp³-hybridized carbons (Fsp3) is 0.667. The Balaban J connectivity index is 1.87. The number of aromatic hydroxyl groups is 1. The largest absolute Gasteiger partial charge is 0.518 e. The van der Waals surface area contributed by atoms with E-state index < -0.39 is 18.3 Å². The lowest BCUT2D eigenvalue weighted by molar-refractivity contribution is 0.00578. The Morgan fingerprint density at radius 1 is 1.25 bits per heavy atom. The molecule has 0 bridgehead atoms. The lowest BCUT2D eigenvalue weighted by Gasteiger charge is -2.32. The van der Waals surface area contributed by atoms with Crippen molar-refractivity contribution in [2.75, 3.05) is 0 Å². The number of aromatic nitrogens is 1. The predicted molar refractivity (Wildman–Crippen MR) is 78.0 cm³/mol. The third kappa shape index (κ3) is 2.33. The highest BCUT2D eigenvalue weighted by Gasteiger charge is 2.53. The monoisotopic (exact) mass is 275 g/mol. The molecule has 2 fully saturated rings. The zero-order chi connectivity index (χ0) is 14.5. The summed E-state index contributed by atoms with van der Waals surface area (Å²) in [6.45, 7) is 7.99.